The SMILES string of the molecule is CC.CCOc1cc2ccccc2c(O[C@@H]2C[C@H]3C(=O)N[C@]4(C(=O)NS(=O)(=O)C5(CC)CC5)C[C@H]4/C=C\CC[C@H](C)C[C@@H](C)C(NC(=O)OC(C)(C)C)C(=O)N3C2)n1.[HH].[HH].[HH]. The Bertz CT molecular complexity index is 1990. The number of fused-ring (bicyclic) bond motifs is 3. The fourth-order valence-electron chi connectivity index (χ4n) is 8.14. The molecule has 4 amide bonds. The number of nitrogens with zero attached hydrogens (tertiary/aromatic N) is 2. The lowest BCUT2D eigenvalue weighted by Crippen LogP contribution is -2.59. The molecule has 3 fully saturated rings. The van der Waals surface area contributed by atoms with Crippen LogP contribution in [-0.4, -0.2) is 89.3 Å². The normalized spacial score (nSPS) is 28.8. The highest BCUT2D eigenvalue weighted by Gasteiger charge is 2.63. The Morgan fingerprint density at radius 3 is 2.45 bits per heavy atom. The van der Waals surface area contributed by atoms with Gasteiger partial charge in [-0.1, -0.05) is 65.0 Å². The first-order chi connectivity index (χ1) is 27.4. The average molecular weight is 832 g/mol. The Morgan fingerprint density at radius 2 is 1.79 bits per heavy atom. The molecular formula is C43H69N5O9S. The predicted molar refractivity (Wildman–Crippen MR) is 228 cm³/mol. The Balaban J connectivity index is 0.00000252. The molecule has 326 valence electrons. The van der Waals surface area contributed by atoms with Gasteiger partial charge in [0.05, 0.1) is 17.9 Å². The van der Waals surface area contributed by atoms with E-state index in [9.17, 15) is 27.6 Å². The van der Waals surface area contributed by atoms with Gasteiger partial charge in [0.1, 0.15) is 29.3 Å². The quantitative estimate of drug-likeness (QED) is 0.225. The highest BCUT2D eigenvalue weighted by molar-refractivity contribution is 7.91. The van der Waals surface area contributed by atoms with E-state index < -0.39 is 73.8 Å². The van der Waals surface area contributed by atoms with Crippen LogP contribution in [-0.2, 0) is 29.1 Å². The van der Waals surface area contributed by atoms with Crippen LogP contribution in [0.15, 0.2) is 42.5 Å². The van der Waals surface area contributed by atoms with Gasteiger partial charge in [0.25, 0.3) is 5.91 Å². The third-order valence-electron chi connectivity index (χ3n) is 11.6. The van der Waals surface area contributed by atoms with E-state index in [-0.39, 0.29) is 41.4 Å². The van der Waals surface area contributed by atoms with Crippen LogP contribution >= 0.6 is 0 Å². The van der Waals surface area contributed by atoms with E-state index in [0.717, 1.165) is 11.8 Å². The number of sulfonamides is 1. The van der Waals surface area contributed by atoms with Crippen LogP contribution in [0.3, 0.4) is 0 Å². The minimum atomic E-state index is -4.01. The first-order valence-corrected chi connectivity index (χ1v) is 22.4. The molecule has 2 aromatic rings. The summed E-state index contributed by atoms with van der Waals surface area (Å²) in [5.74, 6) is -1.92. The molecule has 3 N–H and O–H groups in total. The Hall–Kier alpha value is -4.40. The Labute approximate surface area is 348 Å². The fraction of sp³-hybridized carbons (Fsp3) is 0.651. The minimum Gasteiger partial charge on any atom is -0.478 e. The second-order valence-electron chi connectivity index (χ2n) is 17.1. The number of carbonyl (C=O) groups is 4. The average Bonchev–Trinajstić information content (AvgIpc) is 4.07. The van der Waals surface area contributed by atoms with Crippen molar-refractivity contribution in [3.63, 3.8) is 0 Å². The smallest absolute Gasteiger partial charge is 0.408 e. The highest BCUT2D eigenvalue weighted by Crippen LogP contribution is 2.49. The molecule has 3 heterocycles. The van der Waals surface area contributed by atoms with Crippen LogP contribution in [0.5, 0.6) is 11.8 Å². The largest absolute Gasteiger partial charge is 0.478 e. The first kappa shape index (κ1) is 44.7. The summed E-state index contributed by atoms with van der Waals surface area (Å²) >= 11 is 0. The lowest BCUT2D eigenvalue weighted by atomic mass is 9.88. The van der Waals surface area contributed by atoms with Crippen molar-refractivity contribution in [2.75, 3.05) is 13.2 Å². The number of pyridine rings is 1. The molecule has 6 rings (SSSR count). The molecule has 58 heavy (non-hydrogen) atoms. The standard InChI is InChI=1S/C41H57N5O9S.C2H6.3H2/c1-8-40(18-19-40)56(51,52)45-37(49)41-23-28(41)16-12-10-14-25(3)20-26(4)33(43-38(50)55-39(5,6)7)36(48)46-24-29(22-31(46)34(47)44-41)54-35-30-17-13-11-15-27(30)21-32(42-35)53-9-2;1-2;;;/h11-13,15-17,21,25-26,28-29,31,33H,8-10,14,18-20,22-24H2,1-7H3,(H,43,50)(H,44,47)(H,45,49);1-2H3;3*1H/b16-12-;;;;/t25-,26+,28+,29+,31-,33?,41+;;;;/m0..../s1. The van der Waals surface area contributed by atoms with E-state index in [4.69, 9.17) is 14.2 Å². The van der Waals surface area contributed by atoms with E-state index in [2.05, 4.69) is 27.3 Å². The van der Waals surface area contributed by atoms with Crippen molar-refractivity contribution in [3.05, 3.63) is 42.5 Å². The van der Waals surface area contributed by atoms with Crippen molar-refractivity contribution in [3.8, 4) is 11.8 Å². The molecule has 14 nitrogen and oxygen atoms in total. The number of carbonyl (C=O) groups excluding carboxylic acids is 4. The molecule has 2 aliphatic heterocycles. The molecular weight excluding hydrogens is 763 g/mol. The number of hydrogen-bond acceptors (Lipinski definition) is 10. The molecule has 1 unspecified atom stereocenters. The number of hydrogen-bond donors (Lipinski definition) is 3. The van der Waals surface area contributed by atoms with Gasteiger partial charge in [-0.15, -0.1) is 0 Å². The molecule has 15 heteroatoms. The maximum absolute atomic E-state index is 14.8. The maximum Gasteiger partial charge on any atom is 0.408 e. The number of benzene rings is 1. The third-order valence-corrected chi connectivity index (χ3v) is 13.9. The van der Waals surface area contributed by atoms with E-state index in [1.807, 2.05) is 70.2 Å². The van der Waals surface area contributed by atoms with Crippen LogP contribution in [0.4, 0.5) is 4.79 Å². The molecule has 0 radical (unpaired) electrons. The topological polar surface area (TPSA) is 182 Å². The van der Waals surface area contributed by atoms with Crippen LogP contribution < -0.4 is 24.8 Å². The summed E-state index contributed by atoms with van der Waals surface area (Å²) in [5.41, 5.74) is -2.36. The van der Waals surface area contributed by atoms with Crippen molar-refractivity contribution in [1.29, 1.82) is 0 Å². The first-order valence-electron chi connectivity index (χ1n) is 21.0. The molecule has 2 saturated carbocycles. The maximum atomic E-state index is 14.8. The second kappa shape index (κ2) is 17.8. The monoisotopic (exact) mass is 831 g/mol. The minimum absolute atomic E-state index is 0. The zero-order valence-corrected chi connectivity index (χ0v) is 36.4. The number of aromatic nitrogens is 1. The Kier molecular flexibility index (Phi) is 13.7. The summed E-state index contributed by atoms with van der Waals surface area (Å²) in [6.07, 6.45) is 5.92. The molecule has 1 aromatic carbocycles. The van der Waals surface area contributed by atoms with Crippen LogP contribution in [0.1, 0.15) is 118 Å². The van der Waals surface area contributed by atoms with E-state index >= 15 is 0 Å². The lowest BCUT2D eigenvalue weighted by Gasteiger charge is -2.33. The predicted octanol–water partition coefficient (Wildman–Crippen LogP) is 6.92. The van der Waals surface area contributed by atoms with Gasteiger partial charge in [0.2, 0.25) is 33.6 Å². The van der Waals surface area contributed by atoms with Crippen LogP contribution in [0, 0.1) is 17.8 Å². The van der Waals surface area contributed by atoms with Gasteiger partial charge in [-0.3, -0.25) is 19.1 Å². The molecule has 2 aliphatic carbocycles. The van der Waals surface area contributed by atoms with E-state index in [1.54, 1.807) is 27.7 Å². The number of amides is 4. The van der Waals surface area contributed by atoms with Gasteiger partial charge in [-0.25, -0.2) is 13.2 Å². The van der Waals surface area contributed by atoms with Crippen molar-refractivity contribution in [1.82, 2.24) is 25.2 Å². The zero-order valence-electron chi connectivity index (χ0n) is 35.6. The third kappa shape index (κ3) is 9.89. The fourth-order valence-corrected chi connectivity index (χ4v) is 9.80. The van der Waals surface area contributed by atoms with Gasteiger partial charge < -0.3 is 29.7 Å². The highest BCUT2D eigenvalue weighted by atomic mass is 32.2. The summed E-state index contributed by atoms with van der Waals surface area (Å²) in [6.45, 7) is 17.2. The van der Waals surface area contributed by atoms with E-state index in [1.165, 1.54) is 4.90 Å². The van der Waals surface area contributed by atoms with Gasteiger partial charge in [-0.2, -0.15) is 4.98 Å². The van der Waals surface area contributed by atoms with Crippen LogP contribution in [0.25, 0.3) is 10.8 Å². The lowest BCUT2D eigenvalue weighted by molar-refractivity contribution is -0.142. The van der Waals surface area contributed by atoms with Crippen molar-refractivity contribution < 1.29 is 46.1 Å². The molecule has 0 spiro atoms. The van der Waals surface area contributed by atoms with Gasteiger partial charge in [-0.05, 0) is 95.9 Å². The molecule has 1 saturated heterocycles. The Morgan fingerprint density at radius 1 is 1.09 bits per heavy atom. The van der Waals surface area contributed by atoms with Crippen LogP contribution in [0.2, 0.25) is 0 Å². The summed E-state index contributed by atoms with van der Waals surface area (Å²) in [7, 11) is -4.01. The molecule has 0 bridgehead atoms. The summed E-state index contributed by atoms with van der Waals surface area (Å²) in [4.78, 5) is 62.7. The van der Waals surface area contributed by atoms with E-state index in [0.29, 0.717) is 50.0 Å². The van der Waals surface area contributed by atoms with Crippen molar-refractivity contribution >= 4 is 44.6 Å². The van der Waals surface area contributed by atoms with Gasteiger partial charge in [0, 0.05) is 28.1 Å². The van der Waals surface area contributed by atoms with Crippen molar-refractivity contribution in [2.24, 2.45) is 17.8 Å². The molecule has 1 aromatic heterocycles. The molecule has 7 atom stereocenters. The van der Waals surface area contributed by atoms with Gasteiger partial charge in [0.15, 0.2) is 0 Å². The summed E-state index contributed by atoms with van der Waals surface area (Å²) in [6, 6.07) is 7.15. The molecule has 4 aliphatic rings. The van der Waals surface area contributed by atoms with Gasteiger partial charge >= 0.3 is 6.09 Å². The summed E-state index contributed by atoms with van der Waals surface area (Å²) in [5, 5.41) is 7.29. The number of allylic oxidation sites excluding steroid dienone is 1. The second-order valence-corrected chi connectivity index (χ2v) is 19.2. The van der Waals surface area contributed by atoms with Crippen molar-refractivity contribution in [2.45, 2.75) is 148 Å². The zero-order chi connectivity index (χ0) is 42.6. The number of alkyl carbamates (subject to hydrolysis) is 1. The number of rotatable bonds is 9. The summed E-state index contributed by atoms with van der Waals surface area (Å²) < 4.78 is 46.0. The number of ether oxygens (including phenoxy) is 3. The number of nitrogens with one attached hydrogen (secondary N) is 3.